The van der Waals surface area contributed by atoms with E-state index in [1.54, 1.807) is 18.2 Å². The van der Waals surface area contributed by atoms with Gasteiger partial charge in [-0.05, 0) is 35.7 Å². The molecule has 29 heavy (non-hydrogen) atoms. The largest absolute Gasteiger partial charge is 0.428 e. The lowest BCUT2D eigenvalue weighted by atomic mass is 9.99. The van der Waals surface area contributed by atoms with Crippen LogP contribution >= 0.6 is 11.3 Å². The maximum Gasteiger partial charge on any atom is 0.188 e. The summed E-state index contributed by atoms with van der Waals surface area (Å²) in [5.41, 5.74) is 1.84. The number of aromatic nitrogens is 1. The second kappa shape index (κ2) is 7.47. The van der Waals surface area contributed by atoms with Gasteiger partial charge in [-0.25, -0.2) is 0 Å². The van der Waals surface area contributed by atoms with E-state index in [0.29, 0.717) is 22.2 Å². The molecule has 0 atom stereocenters. The third-order valence-electron chi connectivity index (χ3n) is 4.56. The van der Waals surface area contributed by atoms with Crippen LogP contribution in [0.5, 0.6) is 0 Å². The van der Waals surface area contributed by atoms with Gasteiger partial charge in [-0.15, -0.1) is 11.3 Å². The lowest BCUT2D eigenvalue weighted by Gasteiger charge is -2.05. The third-order valence-corrected chi connectivity index (χ3v) is 5.40. The van der Waals surface area contributed by atoms with Crippen molar-refractivity contribution in [3.05, 3.63) is 87.6 Å². The minimum atomic E-state index is -0.302. The number of allylic oxidation sites excluding steroid dienone is 1. The van der Waals surface area contributed by atoms with Crippen molar-refractivity contribution in [2.24, 2.45) is 0 Å². The topological polar surface area (TPSA) is 89.8 Å². The summed E-state index contributed by atoms with van der Waals surface area (Å²) in [5.74, 6) is -0.302. The van der Waals surface area contributed by atoms with Crippen molar-refractivity contribution in [3.8, 4) is 23.4 Å². The fourth-order valence-corrected chi connectivity index (χ4v) is 3.86. The number of benzene rings is 2. The number of ketones is 1. The van der Waals surface area contributed by atoms with E-state index in [9.17, 15) is 20.5 Å². The van der Waals surface area contributed by atoms with E-state index in [4.69, 9.17) is 0 Å². The number of carbonyl (C=O) groups excluding carboxylic acids is 1. The van der Waals surface area contributed by atoms with Crippen LogP contribution in [0.2, 0.25) is 0 Å². The fraction of sp³-hybridized carbons (Fsp3) is 0. The molecule has 2 aromatic carbocycles. The molecule has 0 amide bonds. The Bertz CT molecular complexity index is 1340. The number of hydrogen-bond acceptors (Lipinski definition) is 5. The van der Waals surface area contributed by atoms with Crippen LogP contribution in [0.1, 0.15) is 26.4 Å². The third kappa shape index (κ3) is 3.19. The Morgan fingerprint density at radius 3 is 2.41 bits per heavy atom. The number of carbonyl (C=O) groups is 1. The van der Waals surface area contributed by atoms with Gasteiger partial charge in [0.05, 0.1) is 27.9 Å². The first-order valence-electron chi connectivity index (χ1n) is 8.67. The minimum absolute atomic E-state index is 0.139. The highest BCUT2D eigenvalue weighted by molar-refractivity contribution is 7.10. The number of nitriles is 2. The summed E-state index contributed by atoms with van der Waals surface area (Å²) >= 11 is 1.51. The molecule has 2 aromatic heterocycles. The summed E-state index contributed by atoms with van der Waals surface area (Å²) in [6.45, 7) is 0. The monoisotopic (exact) mass is 395 g/mol. The van der Waals surface area contributed by atoms with Gasteiger partial charge in [0.2, 0.25) is 0 Å². The van der Waals surface area contributed by atoms with E-state index in [0.717, 1.165) is 9.61 Å². The molecule has 0 fully saturated rings. The number of fused-ring (bicyclic) bond motifs is 1. The van der Waals surface area contributed by atoms with E-state index >= 15 is 0 Å². The molecule has 2 heterocycles. The molecule has 0 saturated heterocycles. The Balaban J connectivity index is 2.01. The molecule has 0 saturated carbocycles. The Morgan fingerprint density at radius 1 is 1.03 bits per heavy atom. The van der Waals surface area contributed by atoms with Crippen LogP contribution in [-0.4, -0.2) is 15.7 Å². The van der Waals surface area contributed by atoms with E-state index in [1.165, 1.54) is 29.5 Å². The van der Waals surface area contributed by atoms with Gasteiger partial charge in [-0.2, -0.15) is 15.3 Å². The number of thiophene rings is 1. The van der Waals surface area contributed by atoms with Crippen LogP contribution in [0.25, 0.3) is 28.2 Å². The van der Waals surface area contributed by atoms with Crippen LogP contribution in [0, 0.1) is 22.7 Å². The van der Waals surface area contributed by atoms with Gasteiger partial charge in [0.25, 0.3) is 0 Å². The zero-order valence-corrected chi connectivity index (χ0v) is 15.9. The SMILES string of the molecule is N#Cc1cc2c(C(=O)/C=C/c3cccs3)c(-c3ccccc3)n(O)c2cc1C#N. The van der Waals surface area contributed by atoms with Gasteiger partial charge in [0, 0.05) is 15.8 Å². The van der Waals surface area contributed by atoms with Crippen molar-refractivity contribution >= 4 is 34.1 Å². The van der Waals surface area contributed by atoms with Crippen LogP contribution in [0.3, 0.4) is 0 Å². The van der Waals surface area contributed by atoms with E-state index in [1.807, 2.05) is 47.9 Å². The first-order chi connectivity index (χ1) is 14.1. The Morgan fingerprint density at radius 2 is 1.76 bits per heavy atom. The van der Waals surface area contributed by atoms with Gasteiger partial charge in [-0.3, -0.25) is 4.79 Å². The second-order valence-electron chi connectivity index (χ2n) is 6.25. The predicted octanol–water partition coefficient (Wildman–Crippen LogP) is 5.25. The molecule has 1 N–H and O–H groups in total. The van der Waals surface area contributed by atoms with E-state index < -0.39 is 0 Å². The summed E-state index contributed by atoms with van der Waals surface area (Å²) in [4.78, 5) is 14.1. The van der Waals surface area contributed by atoms with Crippen molar-refractivity contribution in [1.29, 1.82) is 10.5 Å². The average molecular weight is 395 g/mol. The van der Waals surface area contributed by atoms with Gasteiger partial charge >= 0.3 is 0 Å². The maximum absolute atomic E-state index is 13.2. The predicted molar refractivity (Wildman–Crippen MR) is 112 cm³/mol. The van der Waals surface area contributed by atoms with Gasteiger partial charge in [0.15, 0.2) is 5.78 Å². The molecular formula is C23H13N3O2S. The summed E-state index contributed by atoms with van der Waals surface area (Å²) in [6, 6.07) is 19.7. The number of hydrogen-bond donors (Lipinski definition) is 1. The van der Waals surface area contributed by atoms with Crippen LogP contribution in [-0.2, 0) is 0 Å². The standard InChI is InChI=1S/C23H13N3O2S/c24-13-16-11-19-20(12-17(16)14-25)26(28)23(15-5-2-1-3-6-15)22(19)21(27)9-8-18-7-4-10-29-18/h1-12,28H/b9-8+. The first-order valence-corrected chi connectivity index (χ1v) is 9.55. The van der Waals surface area contributed by atoms with Crippen LogP contribution < -0.4 is 0 Å². The highest BCUT2D eigenvalue weighted by atomic mass is 32.1. The molecule has 6 heteroatoms. The zero-order valence-electron chi connectivity index (χ0n) is 15.0. The lowest BCUT2D eigenvalue weighted by molar-refractivity contribution is 0.104. The molecule has 0 unspecified atom stereocenters. The van der Waals surface area contributed by atoms with Crippen molar-refractivity contribution in [2.45, 2.75) is 0 Å². The van der Waals surface area contributed by atoms with Gasteiger partial charge in [-0.1, -0.05) is 36.4 Å². The minimum Gasteiger partial charge on any atom is -0.428 e. The van der Waals surface area contributed by atoms with E-state index in [2.05, 4.69) is 0 Å². The van der Waals surface area contributed by atoms with Crippen LogP contribution in [0.15, 0.2) is 66.1 Å². The number of nitrogens with zero attached hydrogens (tertiary/aromatic N) is 3. The smallest absolute Gasteiger partial charge is 0.188 e. The molecule has 0 spiro atoms. The molecule has 4 rings (SSSR count). The van der Waals surface area contributed by atoms with E-state index in [-0.39, 0.29) is 22.5 Å². The fourth-order valence-electron chi connectivity index (χ4n) is 3.24. The molecule has 0 aliphatic carbocycles. The second-order valence-corrected chi connectivity index (χ2v) is 7.23. The molecule has 5 nitrogen and oxygen atoms in total. The van der Waals surface area contributed by atoms with Crippen molar-refractivity contribution in [1.82, 2.24) is 4.73 Å². The van der Waals surface area contributed by atoms with Crippen molar-refractivity contribution < 1.29 is 10.0 Å². The Kier molecular flexibility index (Phi) is 4.70. The molecule has 138 valence electrons. The Hall–Kier alpha value is -4.13. The van der Waals surface area contributed by atoms with Gasteiger partial charge in [0.1, 0.15) is 12.1 Å². The first kappa shape index (κ1) is 18.2. The highest BCUT2D eigenvalue weighted by Crippen LogP contribution is 2.35. The number of rotatable bonds is 4. The normalized spacial score (nSPS) is 10.8. The molecule has 0 radical (unpaired) electrons. The average Bonchev–Trinajstić information content (AvgIpc) is 3.37. The van der Waals surface area contributed by atoms with Crippen LogP contribution in [0.4, 0.5) is 0 Å². The summed E-state index contributed by atoms with van der Waals surface area (Å²) < 4.78 is 0.916. The Labute approximate surface area is 170 Å². The molecule has 0 aliphatic heterocycles. The summed E-state index contributed by atoms with van der Waals surface area (Å²) in [7, 11) is 0. The lowest BCUT2D eigenvalue weighted by Crippen LogP contribution is -2.00. The maximum atomic E-state index is 13.2. The molecule has 0 aliphatic rings. The summed E-state index contributed by atoms with van der Waals surface area (Å²) in [5, 5.41) is 31.9. The van der Waals surface area contributed by atoms with Gasteiger partial charge < -0.3 is 5.21 Å². The van der Waals surface area contributed by atoms with Crippen molar-refractivity contribution in [3.63, 3.8) is 0 Å². The molecule has 4 aromatic rings. The highest BCUT2D eigenvalue weighted by Gasteiger charge is 2.24. The quantitative estimate of drug-likeness (QED) is 0.290. The zero-order chi connectivity index (χ0) is 20.4. The molecule has 0 bridgehead atoms. The molecular weight excluding hydrogens is 382 g/mol. The summed E-state index contributed by atoms with van der Waals surface area (Å²) in [6.07, 6.45) is 3.18. The van der Waals surface area contributed by atoms with Crippen molar-refractivity contribution in [2.75, 3.05) is 0 Å².